The Morgan fingerprint density at radius 2 is 2.17 bits per heavy atom. The standard InChI is InChI=1S/C13H20BrN3S/c1-9(6-7-17(2)3)16-12-5-4-10(14)8-11(12)13(15)18/h4-5,8-9,16H,6-7H2,1-3H3,(H2,15,18). The first-order chi connectivity index (χ1) is 8.40. The molecule has 0 fully saturated rings. The largest absolute Gasteiger partial charge is 0.389 e. The molecule has 100 valence electrons. The lowest BCUT2D eigenvalue weighted by atomic mass is 10.1. The molecule has 0 bridgehead atoms. The van der Waals surface area contributed by atoms with Gasteiger partial charge < -0.3 is 16.0 Å². The van der Waals surface area contributed by atoms with E-state index < -0.39 is 0 Å². The van der Waals surface area contributed by atoms with Crippen LogP contribution in [0.4, 0.5) is 5.69 Å². The normalized spacial score (nSPS) is 12.5. The lowest BCUT2D eigenvalue weighted by molar-refractivity contribution is 0.390. The van der Waals surface area contributed by atoms with Crippen LogP contribution in [0, 0.1) is 0 Å². The fraction of sp³-hybridized carbons (Fsp3) is 0.462. The molecule has 0 aromatic heterocycles. The number of hydrogen-bond acceptors (Lipinski definition) is 3. The summed E-state index contributed by atoms with van der Waals surface area (Å²) in [4.78, 5) is 2.59. The Kier molecular flexibility index (Phi) is 6.05. The second-order valence-corrected chi connectivity index (χ2v) is 6.05. The summed E-state index contributed by atoms with van der Waals surface area (Å²) in [6.07, 6.45) is 1.07. The predicted molar refractivity (Wildman–Crippen MR) is 86.3 cm³/mol. The van der Waals surface area contributed by atoms with Crippen molar-refractivity contribution in [1.29, 1.82) is 0 Å². The third-order valence-corrected chi connectivity index (χ3v) is 3.37. The number of nitrogens with zero attached hydrogens (tertiary/aromatic N) is 1. The van der Waals surface area contributed by atoms with E-state index in [0.29, 0.717) is 11.0 Å². The third-order valence-electron chi connectivity index (χ3n) is 2.66. The number of thiocarbonyl (C=S) groups is 1. The van der Waals surface area contributed by atoms with Crippen molar-refractivity contribution in [2.24, 2.45) is 5.73 Å². The van der Waals surface area contributed by atoms with Crippen LogP contribution in [0.25, 0.3) is 0 Å². The van der Waals surface area contributed by atoms with Gasteiger partial charge in [-0.25, -0.2) is 0 Å². The van der Waals surface area contributed by atoms with Gasteiger partial charge in [-0.15, -0.1) is 0 Å². The van der Waals surface area contributed by atoms with E-state index >= 15 is 0 Å². The van der Waals surface area contributed by atoms with Crippen LogP contribution in [0.15, 0.2) is 22.7 Å². The Balaban J connectivity index is 2.74. The number of nitrogens with two attached hydrogens (primary N) is 1. The molecule has 5 heteroatoms. The number of hydrogen-bond donors (Lipinski definition) is 2. The Morgan fingerprint density at radius 3 is 2.72 bits per heavy atom. The van der Waals surface area contributed by atoms with E-state index in [0.717, 1.165) is 28.7 Å². The van der Waals surface area contributed by atoms with Crippen molar-refractivity contribution in [3.63, 3.8) is 0 Å². The molecular formula is C13H20BrN3S. The third kappa shape index (κ3) is 4.92. The SMILES string of the molecule is CC(CCN(C)C)Nc1ccc(Br)cc1C(N)=S. The van der Waals surface area contributed by atoms with Crippen LogP contribution in [-0.4, -0.2) is 36.6 Å². The van der Waals surface area contributed by atoms with Crippen LogP contribution in [0.5, 0.6) is 0 Å². The molecule has 0 spiro atoms. The second kappa shape index (κ2) is 7.07. The van der Waals surface area contributed by atoms with Gasteiger partial charge in [0.05, 0.1) is 0 Å². The molecule has 1 aromatic rings. The van der Waals surface area contributed by atoms with Crippen molar-refractivity contribution in [3.8, 4) is 0 Å². The molecule has 0 saturated carbocycles. The van der Waals surface area contributed by atoms with E-state index in [1.54, 1.807) is 0 Å². The number of nitrogens with one attached hydrogen (secondary N) is 1. The fourth-order valence-corrected chi connectivity index (χ4v) is 2.17. The number of halogens is 1. The van der Waals surface area contributed by atoms with Crippen molar-refractivity contribution < 1.29 is 0 Å². The zero-order valence-corrected chi connectivity index (χ0v) is 13.4. The minimum atomic E-state index is 0.377. The average Bonchev–Trinajstić information content (AvgIpc) is 2.28. The van der Waals surface area contributed by atoms with Gasteiger partial charge in [0.25, 0.3) is 0 Å². The van der Waals surface area contributed by atoms with Gasteiger partial charge in [-0.2, -0.15) is 0 Å². The molecule has 0 aliphatic rings. The van der Waals surface area contributed by atoms with Gasteiger partial charge in [0, 0.05) is 21.8 Å². The molecular weight excluding hydrogens is 310 g/mol. The van der Waals surface area contributed by atoms with E-state index in [1.165, 1.54) is 0 Å². The van der Waals surface area contributed by atoms with Gasteiger partial charge in [-0.05, 0) is 52.2 Å². The highest BCUT2D eigenvalue weighted by molar-refractivity contribution is 9.10. The van der Waals surface area contributed by atoms with Crippen molar-refractivity contribution in [2.45, 2.75) is 19.4 Å². The quantitative estimate of drug-likeness (QED) is 0.787. The first-order valence-electron chi connectivity index (χ1n) is 5.90. The van der Waals surface area contributed by atoms with Crippen molar-refractivity contribution in [1.82, 2.24) is 4.90 Å². The summed E-state index contributed by atoms with van der Waals surface area (Å²) in [6, 6.07) is 6.32. The van der Waals surface area contributed by atoms with Gasteiger partial charge >= 0.3 is 0 Å². The lowest BCUT2D eigenvalue weighted by Crippen LogP contribution is -2.24. The van der Waals surface area contributed by atoms with Crippen LogP contribution in [0.2, 0.25) is 0 Å². The summed E-state index contributed by atoms with van der Waals surface area (Å²) in [5.74, 6) is 0. The first-order valence-corrected chi connectivity index (χ1v) is 7.11. The molecule has 1 atom stereocenters. The van der Waals surface area contributed by atoms with Crippen molar-refractivity contribution in [2.75, 3.05) is 26.0 Å². The Hall–Kier alpha value is -0.650. The maximum atomic E-state index is 5.74. The summed E-state index contributed by atoms with van der Waals surface area (Å²) in [5, 5.41) is 3.46. The molecule has 0 radical (unpaired) electrons. The molecule has 3 N–H and O–H groups in total. The molecule has 0 aliphatic carbocycles. The van der Waals surface area contributed by atoms with Crippen LogP contribution in [-0.2, 0) is 0 Å². The predicted octanol–water partition coefficient (Wildman–Crippen LogP) is 2.84. The number of rotatable bonds is 6. The Morgan fingerprint density at radius 1 is 1.50 bits per heavy atom. The van der Waals surface area contributed by atoms with Crippen LogP contribution >= 0.6 is 28.1 Å². The maximum Gasteiger partial charge on any atom is 0.106 e. The number of anilines is 1. The highest BCUT2D eigenvalue weighted by Crippen LogP contribution is 2.22. The van der Waals surface area contributed by atoms with Gasteiger partial charge in [0.2, 0.25) is 0 Å². The van der Waals surface area contributed by atoms with E-state index in [2.05, 4.69) is 47.2 Å². The monoisotopic (exact) mass is 329 g/mol. The van der Waals surface area contributed by atoms with E-state index in [1.807, 2.05) is 18.2 Å². The number of benzene rings is 1. The fourth-order valence-electron chi connectivity index (χ4n) is 1.64. The summed E-state index contributed by atoms with van der Waals surface area (Å²) >= 11 is 8.51. The van der Waals surface area contributed by atoms with E-state index in [-0.39, 0.29) is 0 Å². The molecule has 0 heterocycles. The molecule has 0 aliphatic heterocycles. The highest BCUT2D eigenvalue weighted by atomic mass is 79.9. The second-order valence-electron chi connectivity index (χ2n) is 4.69. The van der Waals surface area contributed by atoms with E-state index in [4.69, 9.17) is 18.0 Å². The minimum Gasteiger partial charge on any atom is -0.389 e. The van der Waals surface area contributed by atoms with Gasteiger partial charge in [-0.3, -0.25) is 0 Å². The summed E-state index contributed by atoms with van der Waals surface area (Å²) in [5.41, 5.74) is 7.63. The zero-order chi connectivity index (χ0) is 13.7. The molecule has 18 heavy (non-hydrogen) atoms. The van der Waals surface area contributed by atoms with Crippen LogP contribution in [0.3, 0.4) is 0 Å². The smallest absolute Gasteiger partial charge is 0.106 e. The minimum absolute atomic E-state index is 0.377. The maximum absolute atomic E-state index is 5.74. The van der Waals surface area contributed by atoms with Gasteiger partial charge in [-0.1, -0.05) is 28.1 Å². The molecule has 1 unspecified atom stereocenters. The Bertz CT molecular complexity index is 421. The lowest BCUT2D eigenvalue weighted by Gasteiger charge is -2.19. The molecule has 1 aromatic carbocycles. The zero-order valence-electron chi connectivity index (χ0n) is 11.0. The topological polar surface area (TPSA) is 41.3 Å². The van der Waals surface area contributed by atoms with Crippen LogP contribution < -0.4 is 11.1 Å². The Labute approximate surface area is 123 Å². The summed E-state index contributed by atoms with van der Waals surface area (Å²) < 4.78 is 0.983. The first kappa shape index (κ1) is 15.4. The molecule has 1 rings (SSSR count). The van der Waals surface area contributed by atoms with Gasteiger partial charge in [0.1, 0.15) is 4.99 Å². The molecule has 0 saturated heterocycles. The average molecular weight is 330 g/mol. The molecule has 0 amide bonds. The van der Waals surface area contributed by atoms with E-state index in [9.17, 15) is 0 Å². The van der Waals surface area contributed by atoms with Crippen LogP contribution in [0.1, 0.15) is 18.9 Å². The van der Waals surface area contributed by atoms with Crippen molar-refractivity contribution >= 4 is 38.8 Å². The summed E-state index contributed by atoms with van der Waals surface area (Å²) in [7, 11) is 4.15. The van der Waals surface area contributed by atoms with Gasteiger partial charge in [0.15, 0.2) is 0 Å². The summed E-state index contributed by atoms with van der Waals surface area (Å²) in [6.45, 7) is 3.21. The van der Waals surface area contributed by atoms with Crippen molar-refractivity contribution in [3.05, 3.63) is 28.2 Å². The highest BCUT2D eigenvalue weighted by Gasteiger charge is 2.09. The molecule has 3 nitrogen and oxygen atoms in total.